The summed E-state index contributed by atoms with van der Waals surface area (Å²) in [5, 5.41) is 12.9. The lowest BCUT2D eigenvalue weighted by Crippen LogP contribution is -2.36. The summed E-state index contributed by atoms with van der Waals surface area (Å²) < 4.78 is 5.03. The second-order valence-corrected chi connectivity index (χ2v) is 6.89. The van der Waals surface area contributed by atoms with E-state index in [9.17, 15) is 24.5 Å². The Bertz CT molecular complexity index is 1020. The first-order valence-electron chi connectivity index (χ1n) is 8.31. The van der Waals surface area contributed by atoms with Crippen molar-refractivity contribution in [2.45, 2.75) is 0 Å². The van der Waals surface area contributed by atoms with Crippen molar-refractivity contribution in [1.82, 2.24) is 4.90 Å². The van der Waals surface area contributed by atoms with Gasteiger partial charge in [-0.1, -0.05) is 12.1 Å². The number of nitro groups is 1. The number of thioether (sulfide) groups is 1. The molecule has 1 fully saturated rings. The Morgan fingerprint density at radius 1 is 1.24 bits per heavy atom. The highest BCUT2D eigenvalue weighted by Gasteiger charge is 2.36. The summed E-state index contributed by atoms with van der Waals surface area (Å²) in [6, 6.07) is 12.3. The molecular weight excluding hydrogens is 398 g/mol. The minimum atomic E-state index is -0.628. The third-order valence-corrected chi connectivity index (χ3v) is 4.84. The van der Waals surface area contributed by atoms with Gasteiger partial charge in [0.05, 0.1) is 16.9 Å². The molecule has 148 valence electrons. The van der Waals surface area contributed by atoms with Crippen molar-refractivity contribution in [2.75, 3.05) is 19.0 Å². The van der Waals surface area contributed by atoms with E-state index in [4.69, 9.17) is 4.74 Å². The Morgan fingerprint density at radius 2 is 1.97 bits per heavy atom. The molecule has 1 saturated heterocycles. The van der Waals surface area contributed by atoms with Gasteiger partial charge in [0.2, 0.25) is 5.91 Å². The van der Waals surface area contributed by atoms with Crippen molar-refractivity contribution >= 4 is 46.3 Å². The normalized spacial score (nSPS) is 14.9. The Balaban J connectivity index is 1.69. The van der Waals surface area contributed by atoms with Crippen LogP contribution < -0.4 is 10.1 Å². The zero-order chi connectivity index (χ0) is 21.0. The highest BCUT2D eigenvalue weighted by molar-refractivity contribution is 8.18. The van der Waals surface area contributed by atoms with Crippen molar-refractivity contribution in [2.24, 2.45) is 0 Å². The number of methoxy groups -OCH3 is 1. The molecule has 2 aromatic carbocycles. The van der Waals surface area contributed by atoms with Crippen molar-refractivity contribution in [1.29, 1.82) is 0 Å². The van der Waals surface area contributed by atoms with Crippen LogP contribution in [0.5, 0.6) is 5.75 Å². The topological polar surface area (TPSA) is 119 Å². The summed E-state index contributed by atoms with van der Waals surface area (Å²) in [5.74, 6) is -0.536. The molecule has 0 aromatic heterocycles. The third-order valence-electron chi connectivity index (χ3n) is 3.93. The number of nitrogens with one attached hydrogen (secondary N) is 1. The van der Waals surface area contributed by atoms with Crippen molar-refractivity contribution in [3.05, 3.63) is 69.1 Å². The molecule has 0 spiro atoms. The van der Waals surface area contributed by atoms with Crippen LogP contribution in [-0.4, -0.2) is 40.5 Å². The number of rotatable bonds is 6. The van der Waals surface area contributed by atoms with Crippen LogP contribution >= 0.6 is 11.8 Å². The summed E-state index contributed by atoms with van der Waals surface area (Å²) in [6.07, 6.45) is 1.39. The van der Waals surface area contributed by atoms with Gasteiger partial charge in [0.15, 0.2) is 0 Å². The zero-order valence-corrected chi connectivity index (χ0v) is 16.0. The van der Waals surface area contributed by atoms with Crippen molar-refractivity contribution in [3.63, 3.8) is 0 Å². The van der Waals surface area contributed by atoms with Crippen LogP contribution in [-0.2, 0) is 9.59 Å². The van der Waals surface area contributed by atoms with E-state index in [-0.39, 0.29) is 10.6 Å². The highest BCUT2D eigenvalue weighted by atomic mass is 32.2. The predicted molar refractivity (Wildman–Crippen MR) is 107 cm³/mol. The fourth-order valence-corrected chi connectivity index (χ4v) is 3.37. The lowest BCUT2D eigenvalue weighted by Gasteiger charge is -2.12. The molecule has 3 rings (SSSR count). The monoisotopic (exact) mass is 413 g/mol. The van der Waals surface area contributed by atoms with Crippen molar-refractivity contribution in [3.8, 4) is 5.75 Å². The van der Waals surface area contributed by atoms with Crippen LogP contribution in [0.15, 0.2) is 53.4 Å². The molecule has 2 aromatic rings. The molecule has 1 aliphatic rings. The summed E-state index contributed by atoms with van der Waals surface area (Å²) in [7, 11) is 1.52. The molecule has 1 heterocycles. The maximum Gasteiger partial charge on any atom is 0.294 e. The number of nitro benzene ring substituents is 1. The van der Waals surface area contributed by atoms with Gasteiger partial charge in [-0.15, -0.1) is 0 Å². The van der Waals surface area contributed by atoms with Gasteiger partial charge in [0.1, 0.15) is 12.3 Å². The Morgan fingerprint density at radius 3 is 2.62 bits per heavy atom. The van der Waals surface area contributed by atoms with Crippen LogP contribution in [0.4, 0.5) is 16.2 Å². The van der Waals surface area contributed by atoms with Gasteiger partial charge in [0, 0.05) is 17.8 Å². The van der Waals surface area contributed by atoms with Gasteiger partial charge in [-0.3, -0.25) is 29.4 Å². The molecular formula is C19H15N3O6S. The van der Waals surface area contributed by atoms with Gasteiger partial charge in [0.25, 0.3) is 16.8 Å². The molecule has 0 saturated carbocycles. The second kappa shape index (κ2) is 8.57. The fraction of sp³-hybridized carbons (Fsp3) is 0.105. The minimum Gasteiger partial charge on any atom is -0.497 e. The van der Waals surface area contributed by atoms with Gasteiger partial charge in [-0.05, 0) is 47.7 Å². The first-order chi connectivity index (χ1) is 13.9. The number of imide groups is 1. The van der Waals surface area contributed by atoms with E-state index in [2.05, 4.69) is 5.32 Å². The lowest BCUT2D eigenvalue weighted by atomic mass is 10.2. The van der Waals surface area contributed by atoms with E-state index in [0.29, 0.717) is 28.8 Å². The molecule has 0 unspecified atom stereocenters. The number of benzene rings is 2. The van der Waals surface area contributed by atoms with Gasteiger partial charge < -0.3 is 10.1 Å². The minimum absolute atomic E-state index is 0.0905. The van der Waals surface area contributed by atoms with Gasteiger partial charge in [-0.25, -0.2) is 0 Å². The Labute approximate surface area is 169 Å². The average Bonchev–Trinajstić information content (AvgIpc) is 2.96. The summed E-state index contributed by atoms with van der Waals surface area (Å²) in [5.41, 5.74) is 0.777. The molecule has 9 nitrogen and oxygen atoms in total. The number of anilines is 1. The summed E-state index contributed by atoms with van der Waals surface area (Å²) >= 11 is 0.676. The number of hydrogen-bond acceptors (Lipinski definition) is 7. The highest BCUT2D eigenvalue weighted by Crippen LogP contribution is 2.32. The fourth-order valence-electron chi connectivity index (χ4n) is 2.53. The second-order valence-electron chi connectivity index (χ2n) is 5.90. The number of carbonyl (C=O) groups excluding carboxylic acids is 3. The standard InChI is InChI=1S/C19H15N3O6S/c1-28-15-7-5-13(6-8-15)20-17(23)11-21-18(24)16(29-19(21)25)10-12-3-2-4-14(9-12)22(26)27/h2-10H,11H2,1H3,(H,20,23)/b16-10+. The van der Waals surface area contributed by atoms with E-state index in [1.807, 2.05) is 0 Å². The quantitative estimate of drug-likeness (QED) is 0.438. The van der Waals surface area contributed by atoms with E-state index in [1.165, 1.54) is 31.4 Å². The van der Waals surface area contributed by atoms with E-state index in [0.717, 1.165) is 4.90 Å². The average molecular weight is 413 g/mol. The molecule has 0 aliphatic carbocycles. The molecule has 29 heavy (non-hydrogen) atoms. The van der Waals surface area contributed by atoms with Crippen LogP contribution in [0.2, 0.25) is 0 Å². The van der Waals surface area contributed by atoms with Crippen LogP contribution in [0.3, 0.4) is 0 Å². The number of nitrogens with zero attached hydrogens (tertiary/aromatic N) is 2. The number of non-ortho nitro benzene ring substituents is 1. The van der Waals surface area contributed by atoms with E-state index in [1.54, 1.807) is 30.3 Å². The van der Waals surface area contributed by atoms with Crippen LogP contribution in [0, 0.1) is 10.1 Å². The van der Waals surface area contributed by atoms with Crippen LogP contribution in [0.25, 0.3) is 6.08 Å². The SMILES string of the molecule is COc1ccc(NC(=O)CN2C(=O)S/C(=C/c3cccc([N+](=O)[O-])c3)C2=O)cc1. The van der Waals surface area contributed by atoms with E-state index >= 15 is 0 Å². The smallest absolute Gasteiger partial charge is 0.294 e. The number of ether oxygens (including phenoxy) is 1. The first-order valence-corrected chi connectivity index (χ1v) is 9.13. The molecule has 10 heteroatoms. The molecule has 0 atom stereocenters. The Hall–Kier alpha value is -3.66. The van der Waals surface area contributed by atoms with Crippen LogP contribution in [0.1, 0.15) is 5.56 Å². The maximum absolute atomic E-state index is 12.5. The molecule has 1 aliphatic heterocycles. The Kier molecular flexibility index (Phi) is 5.93. The number of carbonyl (C=O) groups is 3. The van der Waals surface area contributed by atoms with Gasteiger partial charge in [-0.2, -0.15) is 0 Å². The van der Waals surface area contributed by atoms with Crippen molar-refractivity contribution < 1.29 is 24.0 Å². The summed E-state index contributed by atoms with van der Waals surface area (Å²) in [6.45, 7) is -0.441. The largest absolute Gasteiger partial charge is 0.497 e. The maximum atomic E-state index is 12.5. The molecule has 1 N–H and O–H groups in total. The molecule has 3 amide bonds. The zero-order valence-electron chi connectivity index (χ0n) is 15.2. The number of amides is 3. The third kappa shape index (κ3) is 4.79. The number of hydrogen-bond donors (Lipinski definition) is 1. The van der Waals surface area contributed by atoms with E-state index < -0.39 is 28.5 Å². The first kappa shape index (κ1) is 20.1. The molecule has 0 radical (unpaired) electrons. The lowest BCUT2D eigenvalue weighted by molar-refractivity contribution is -0.384. The molecule has 0 bridgehead atoms. The summed E-state index contributed by atoms with van der Waals surface area (Å²) in [4.78, 5) is 48.1. The predicted octanol–water partition coefficient (Wildman–Crippen LogP) is 3.28. The van der Waals surface area contributed by atoms with Gasteiger partial charge >= 0.3 is 0 Å².